The first-order valence-electron chi connectivity index (χ1n) is 4.72. The van der Waals surface area contributed by atoms with Gasteiger partial charge in [-0.15, -0.1) is 12.4 Å². The summed E-state index contributed by atoms with van der Waals surface area (Å²) in [7, 11) is 0. The van der Waals surface area contributed by atoms with Crippen molar-refractivity contribution < 1.29 is 4.74 Å². The fourth-order valence-corrected chi connectivity index (χ4v) is 1.55. The van der Waals surface area contributed by atoms with Gasteiger partial charge in [0, 0.05) is 25.6 Å². The largest absolute Gasteiger partial charge is 0.478 e. The van der Waals surface area contributed by atoms with Crippen LogP contribution in [0.5, 0.6) is 5.88 Å². The Morgan fingerprint density at radius 3 is 3.14 bits per heavy atom. The highest BCUT2D eigenvalue weighted by Gasteiger charge is 2.10. The molecule has 1 aliphatic rings. The molecule has 0 aliphatic carbocycles. The molecule has 0 atom stereocenters. The second-order valence-electron chi connectivity index (χ2n) is 3.12. The zero-order chi connectivity index (χ0) is 9.10. The van der Waals surface area contributed by atoms with Crippen LogP contribution in [0.15, 0.2) is 12.1 Å². The van der Waals surface area contributed by atoms with E-state index >= 15 is 0 Å². The van der Waals surface area contributed by atoms with E-state index < -0.39 is 0 Å². The molecule has 0 amide bonds. The van der Waals surface area contributed by atoms with Gasteiger partial charge in [-0.05, 0) is 12.5 Å². The van der Waals surface area contributed by atoms with Crippen molar-refractivity contribution in [3.8, 4) is 5.88 Å². The van der Waals surface area contributed by atoms with E-state index in [1.807, 2.05) is 13.0 Å². The van der Waals surface area contributed by atoms with Crippen LogP contribution in [-0.4, -0.2) is 18.1 Å². The number of nitrogens with zero attached hydrogens (tertiary/aromatic N) is 1. The molecule has 0 saturated carbocycles. The van der Waals surface area contributed by atoms with Gasteiger partial charge >= 0.3 is 0 Å². The molecule has 0 radical (unpaired) electrons. The van der Waals surface area contributed by atoms with E-state index in [1.165, 1.54) is 11.3 Å². The quantitative estimate of drug-likeness (QED) is 0.811. The van der Waals surface area contributed by atoms with Crippen LogP contribution in [0.3, 0.4) is 0 Å². The topological polar surface area (TPSA) is 34.1 Å². The van der Waals surface area contributed by atoms with E-state index in [9.17, 15) is 0 Å². The zero-order valence-corrected chi connectivity index (χ0v) is 9.06. The highest BCUT2D eigenvalue weighted by atomic mass is 35.5. The van der Waals surface area contributed by atoms with Gasteiger partial charge in [0.05, 0.1) is 12.3 Å². The molecule has 0 aromatic carbocycles. The fraction of sp³-hybridized carbons (Fsp3) is 0.500. The van der Waals surface area contributed by atoms with E-state index in [1.54, 1.807) is 0 Å². The summed E-state index contributed by atoms with van der Waals surface area (Å²) in [4.78, 5) is 4.44. The van der Waals surface area contributed by atoms with Crippen LogP contribution in [0, 0.1) is 0 Å². The van der Waals surface area contributed by atoms with Gasteiger partial charge in [0.15, 0.2) is 0 Å². The number of rotatable bonds is 2. The first kappa shape index (κ1) is 11.3. The lowest BCUT2D eigenvalue weighted by atomic mass is 10.1. The maximum absolute atomic E-state index is 5.34. The van der Waals surface area contributed by atoms with Gasteiger partial charge < -0.3 is 10.1 Å². The third-order valence-corrected chi connectivity index (χ3v) is 2.19. The number of nitrogens with one attached hydrogen (secondary N) is 1. The molecular formula is C10H15ClN2O. The Labute approximate surface area is 90.3 Å². The molecular weight excluding hydrogens is 200 g/mol. The standard InChI is InChI=1S/C10H14N2O.ClH/c1-2-13-10-4-3-8-7-11-6-5-9(8)12-10;/h3-4,11H,2,5-7H2,1H3;1H. The number of ether oxygens (including phenoxy) is 1. The molecule has 2 heterocycles. The summed E-state index contributed by atoms with van der Waals surface area (Å²) in [5.74, 6) is 0.753. The van der Waals surface area contributed by atoms with Crippen molar-refractivity contribution in [3.63, 3.8) is 0 Å². The molecule has 0 fully saturated rings. The summed E-state index contributed by atoms with van der Waals surface area (Å²) in [6.07, 6.45) is 1.01. The predicted molar refractivity (Wildman–Crippen MR) is 58.1 cm³/mol. The molecule has 4 heteroatoms. The fourth-order valence-electron chi connectivity index (χ4n) is 1.55. The average Bonchev–Trinajstić information content (AvgIpc) is 2.18. The van der Waals surface area contributed by atoms with Crippen molar-refractivity contribution in [3.05, 3.63) is 23.4 Å². The second kappa shape index (κ2) is 5.17. The van der Waals surface area contributed by atoms with Crippen LogP contribution >= 0.6 is 12.4 Å². The van der Waals surface area contributed by atoms with Gasteiger partial charge in [-0.3, -0.25) is 0 Å². The molecule has 3 nitrogen and oxygen atoms in total. The first-order valence-corrected chi connectivity index (χ1v) is 4.72. The van der Waals surface area contributed by atoms with Gasteiger partial charge in [-0.1, -0.05) is 6.07 Å². The lowest BCUT2D eigenvalue weighted by Gasteiger charge is -2.16. The summed E-state index contributed by atoms with van der Waals surface area (Å²) in [6, 6.07) is 4.04. The van der Waals surface area contributed by atoms with E-state index in [0.29, 0.717) is 6.61 Å². The summed E-state index contributed by atoms with van der Waals surface area (Å²) in [5.41, 5.74) is 2.49. The van der Waals surface area contributed by atoms with Gasteiger partial charge in [0.25, 0.3) is 0 Å². The van der Waals surface area contributed by atoms with Crippen LogP contribution in [0.1, 0.15) is 18.2 Å². The summed E-state index contributed by atoms with van der Waals surface area (Å²) in [5, 5.41) is 3.31. The van der Waals surface area contributed by atoms with Crippen LogP contribution < -0.4 is 10.1 Å². The lowest BCUT2D eigenvalue weighted by Crippen LogP contribution is -2.24. The Hall–Kier alpha value is -0.800. The van der Waals surface area contributed by atoms with Crippen LogP contribution in [-0.2, 0) is 13.0 Å². The minimum Gasteiger partial charge on any atom is -0.478 e. The van der Waals surface area contributed by atoms with Crippen molar-refractivity contribution >= 4 is 12.4 Å². The number of hydrogen-bond acceptors (Lipinski definition) is 3. The van der Waals surface area contributed by atoms with Gasteiger partial charge in [0.2, 0.25) is 5.88 Å². The highest BCUT2D eigenvalue weighted by Crippen LogP contribution is 2.15. The molecule has 14 heavy (non-hydrogen) atoms. The third kappa shape index (κ3) is 2.36. The predicted octanol–water partition coefficient (Wildman–Crippen LogP) is 1.55. The maximum atomic E-state index is 5.34. The van der Waals surface area contributed by atoms with E-state index in [0.717, 1.165) is 25.4 Å². The van der Waals surface area contributed by atoms with Crippen molar-refractivity contribution in [2.45, 2.75) is 19.9 Å². The molecule has 0 bridgehead atoms. The van der Waals surface area contributed by atoms with Crippen LogP contribution in [0.25, 0.3) is 0 Å². The van der Waals surface area contributed by atoms with Crippen molar-refractivity contribution in [2.75, 3.05) is 13.2 Å². The van der Waals surface area contributed by atoms with E-state index in [-0.39, 0.29) is 12.4 Å². The van der Waals surface area contributed by atoms with Crippen LogP contribution in [0.4, 0.5) is 0 Å². The van der Waals surface area contributed by atoms with Crippen molar-refractivity contribution in [1.29, 1.82) is 0 Å². The van der Waals surface area contributed by atoms with Crippen molar-refractivity contribution in [1.82, 2.24) is 10.3 Å². The van der Waals surface area contributed by atoms with E-state index in [4.69, 9.17) is 4.74 Å². The van der Waals surface area contributed by atoms with Gasteiger partial charge in [0.1, 0.15) is 0 Å². The molecule has 1 N–H and O–H groups in total. The summed E-state index contributed by atoms with van der Waals surface area (Å²) in [6.45, 7) is 4.62. The molecule has 0 unspecified atom stereocenters. The maximum Gasteiger partial charge on any atom is 0.213 e. The van der Waals surface area contributed by atoms with Crippen molar-refractivity contribution in [2.24, 2.45) is 0 Å². The number of hydrogen-bond donors (Lipinski definition) is 1. The Morgan fingerprint density at radius 1 is 1.50 bits per heavy atom. The Kier molecular flexibility index (Phi) is 4.17. The molecule has 0 spiro atoms. The van der Waals surface area contributed by atoms with Gasteiger partial charge in [-0.25, -0.2) is 4.98 Å². The number of fused-ring (bicyclic) bond motifs is 1. The molecule has 1 aliphatic heterocycles. The SMILES string of the molecule is CCOc1ccc2c(n1)CCNC2.Cl. The second-order valence-corrected chi connectivity index (χ2v) is 3.12. The number of pyridine rings is 1. The third-order valence-electron chi connectivity index (χ3n) is 2.19. The first-order chi connectivity index (χ1) is 6.40. The average molecular weight is 215 g/mol. The van der Waals surface area contributed by atoms with Crippen LogP contribution in [0.2, 0.25) is 0 Å². The minimum absolute atomic E-state index is 0. The zero-order valence-electron chi connectivity index (χ0n) is 8.25. The molecule has 1 aromatic heterocycles. The lowest BCUT2D eigenvalue weighted by molar-refractivity contribution is 0.325. The molecule has 78 valence electrons. The monoisotopic (exact) mass is 214 g/mol. The van der Waals surface area contributed by atoms with Gasteiger partial charge in [-0.2, -0.15) is 0 Å². The molecule has 0 saturated heterocycles. The Bertz CT molecular complexity index is 304. The molecule has 1 aromatic rings. The van der Waals surface area contributed by atoms with E-state index in [2.05, 4.69) is 16.4 Å². The smallest absolute Gasteiger partial charge is 0.213 e. The highest BCUT2D eigenvalue weighted by molar-refractivity contribution is 5.85. The molecule has 2 rings (SSSR count). The normalized spacial score (nSPS) is 14.1. The Morgan fingerprint density at radius 2 is 2.36 bits per heavy atom. The minimum atomic E-state index is 0. The summed E-state index contributed by atoms with van der Waals surface area (Å²) < 4.78 is 5.34. The Balaban J connectivity index is 0.000000980. The number of aromatic nitrogens is 1. The summed E-state index contributed by atoms with van der Waals surface area (Å²) >= 11 is 0. The number of halogens is 1.